The molecule has 2 rings (SSSR count). The number of hydrogen-bond acceptors (Lipinski definition) is 5. The first kappa shape index (κ1) is 15.7. The summed E-state index contributed by atoms with van der Waals surface area (Å²) in [6.07, 6.45) is 13.9. The van der Waals surface area contributed by atoms with Crippen LogP contribution in [0.25, 0.3) is 0 Å². The first-order chi connectivity index (χ1) is 10.4. The van der Waals surface area contributed by atoms with Crippen molar-refractivity contribution >= 4 is 11.8 Å². The molecule has 0 radical (unpaired) electrons. The Kier molecular flexibility index (Phi) is 6.98. The molecule has 0 amide bonds. The van der Waals surface area contributed by atoms with Gasteiger partial charge in [-0.25, -0.2) is 0 Å². The van der Waals surface area contributed by atoms with E-state index in [0.29, 0.717) is 5.95 Å². The molecule has 1 aliphatic carbocycles. The smallest absolute Gasteiger partial charge is 0.244 e. The minimum absolute atomic E-state index is 0.618. The first-order valence-electron chi connectivity index (χ1n) is 8.24. The average molecular weight is 289 g/mol. The van der Waals surface area contributed by atoms with E-state index in [9.17, 15) is 0 Å². The number of hydrogen-bond donors (Lipinski definition) is 2. The van der Waals surface area contributed by atoms with Gasteiger partial charge < -0.3 is 10.6 Å². The van der Waals surface area contributed by atoms with E-state index in [4.69, 9.17) is 0 Å². The molecule has 0 spiro atoms. The lowest BCUT2D eigenvalue weighted by Crippen LogP contribution is -2.10. The Bertz CT molecular complexity index is 444. The van der Waals surface area contributed by atoms with Crippen molar-refractivity contribution in [1.29, 1.82) is 0 Å². The standard InChI is InChI=1S/C16H27N5/c1-2-3-7-11-17-15-13-19-21-16(20-15)18-12-10-14-8-5-4-6-9-14/h8,13H,2-7,9-12H2,1H3,(H2,17,18,20,21). The third kappa shape index (κ3) is 6.10. The molecule has 0 fully saturated rings. The molecule has 0 atom stereocenters. The molecule has 0 unspecified atom stereocenters. The molecule has 1 heterocycles. The average Bonchev–Trinajstić information content (AvgIpc) is 2.53. The minimum Gasteiger partial charge on any atom is -0.369 e. The van der Waals surface area contributed by atoms with Crippen molar-refractivity contribution in [1.82, 2.24) is 15.2 Å². The molecule has 2 N–H and O–H groups in total. The Balaban J connectivity index is 1.71. The number of nitrogens with zero attached hydrogens (tertiary/aromatic N) is 3. The summed E-state index contributed by atoms with van der Waals surface area (Å²) in [6.45, 7) is 4.03. The Labute approximate surface area is 127 Å². The number of nitrogens with one attached hydrogen (secondary N) is 2. The molecule has 116 valence electrons. The predicted octanol–water partition coefficient (Wildman–Crippen LogP) is 3.78. The van der Waals surface area contributed by atoms with Crippen molar-refractivity contribution in [2.24, 2.45) is 0 Å². The Morgan fingerprint density at radius 1 is 1.14 bits per heavy atom. The van der Waals surface area contributed by atoms with Crippen LogP contribution in [0.1, 0.15) is 58.3 Å². The molecule has 1 aromatic heterocycles. The highest BCUT2D eigenvalue weighted by atomic mass is 15.3. The largest absolute Gasteiger partial charge is 0.369 e. The van der Waals surface area contributed by atoms with E-state index in [1.807, 2.05) is 0 Å². The molecule has 5 nitrogen and oxygen atoms in total. The maximum Gasteiger partial charge on any atom is 0.244 e. The van der Waals surface area contributed by atoms with Crippen molar-refractivity contribution < 1.29 is 0 Å². The van der Waals surface area contributed by atoms with Crippen LogP contribution in [0.15, 0.2) is 17.8 Å². The fourth-order valence-electron chi connectivity index (χ4n) is 2.52. The first-order valence-corrected chi connectivity index (χ1v) is 8.24. The van der Waals surface area contributed by atoms with Crippen LogP contribution >= 0.6 is 0 Å². The third-order valence-corrected chi connectivity index (χ3v) is 3.76. The zero-order valence-corrected chi connectivity index (χ0v) is 13.1. The van der Waals surface area contributed by atoms with Crippen LogP contribution in [-0.2, 0) is 0 Å². The number of unbranched alkanes of at least 4 members (excludes halogenated alkanes) is 2. The van der Waals surface area contributed by atoms with Gasteiger partial charge in [0.2, 0.25) is 5.95 Å². The summed E-state index contributed by atoms with van der Waals surface area (Å²) in [4.78, 5) is 4.44. The van der Waals surface area contributed by atoms with Crippen LogP contribution in [0.4, 0.5) is 11.8 Å². The highest BCUT2D eigenvalue weighted by Crippen LogP contribution is 2.19. The van der Waals surface area contributed by atoms with E-state index in [1.54, 1.807) is 11.8 Å². The number of rotatable bonds is 9. The normalized spacial score (nSPS) is 14.6. The summed E-state index contributed by atoms with van der Waals surface area (Å²) >= 11 is 0. The van der Waals surface area contributed by atoms with Gasteiger partial charge in [0.25, 0.3) is 0 Å². The van der Waals surface area contributed by atoms with Crippen LogP contribution in [-0.4, -0.2) is 28.3 Å². The van der Waals surface area contributed by atoms with E-state index in [-0.39, 0.29) is 0 Å². The zero-order chi connectivity index (χ0) is 14.8. The molecule has 1 aliphatic rings. The maximum atomic E-state index is 4.44. The summed E-state index contributed by atoms with van der Waals surface area (Å²) < 4.78 is 0. The van der Waals surface area contributed by atoms with Crippen molar-refractivity contribution in [3.8, 4) is 0 Å². The third-order valence-electron chi connectivity index (χ3n) is 3.76. The molecule has 1 aromatic rings. The Morgan fingerprint density at radius 2 is 2.10 bits per heavy atom. The van der Waals surface area contributed by atoms with Crippen molar-refractivity contribution in [3.63, 3.8) is 0 Å². The van der Waals surface area contributed by atoms with Gasteiger partial charge in [-0.1, -0.05) is 31.4 Å². The van der Waals surface area contributed by atoms with Crippen LogP contribution in [0.5, 0.6) is 0 Å². The Morgan fingerprint density at radius 3 is 2.90 bits per heavy atom. The highest BCUT2D eigenvalue weighted by Gasteiger charge is 2.04. The molecule has 0 aromatic carbocycles. The number of anilines is 2. The predicted molar refractivity (Wildman–Crippen MR) is 87.5 cm³/mol. The van der Waals surface area contributed by atoms with E-state index < -0.39 is 0 Å². The molecule has 0 aliphatic heterocycles. The maximum absolute atomic E-state index is 4.44. The second-order valence-corrected chi connectivity index (χ2v) is 5.58. The van der Waals surface area contributed by atoms with Gasteiger partial charge in [-0.2, -0.15) is 10.1 Å². The highest BCUT2D eigenvalue weighted by molar-refractivity contribution is 5.36. The molecular formula is C16H27N5. The molecule has 0 bridgehead atoms. The lowest BCUT2D eigenvalue weighted by Gasteiger charge is -2.13. The summed E-state index contributed by atoms with van der Waals surface area (Å²) in [5.74, 6) is 1.42. The lowest BCUT2D eigenvalue weighted by atomic mass is 9.97. The van der Waals surface area contributed by atoms with Crippen LogP contribution in [0.2, 0.25) is 0 Å². The van der Waals surface area contributed by atoms with E-state index in [2.05, 4.69) is 38.8 Å². The van der Waals surface area contributed by atoms with Gasteiger partial charge in [0.05, 0.1) is 6.20 Å². The fraction of sp³-hybridized carbons (Fsp3) is 0.688. The van der Waals surface area contributed by atoms with Crippen molar-refractivity contribution in [3.05, 3.63) is 17.8 Å². The second kappa shape index (κ2) is 9.32. The topological polar surface area (TPSA) is 62.7 Å². The molecular weight excluding hydrogens is 262 g/mol. The van der Waals surface area contributed by atoms with Gasteiger partial charge in [-0.05, 0) is 38.5 Å². The summed E-state index contributed by atoms with van der Waals surface area (Å²) in [6, 6.07) is 0. The van der Waals surface area contributed by atoms with Crippen molar-refractivity contribution in [2.45, 2.75) is 58.3 Å². The summed E-state index contributed by atoms with van der Waals surface area (Å²) in [7, 11) is 0. The van der Waals surface area contributed by atoms with Gasteiger partial charge in [0.15, 0.2) is 0 Å². The van der Waals surface area contributed by atoms with Crippen LogP contribution in [0.3, 0.4) is 0 Å². The van der Waals surface area contributed by atoms with Crippen molar-refractivity contribution in [2.75, 3.05) is 23.7 Å². The number of allylic oxidation sites excluding steroid dienone is 1. The summed E-state index contributed by atoms with van der Waals surface area (Å²) in [5.41, 5.74) is 1.57. The van der Waals surface area contributed by atoms with Gasteiger partial charge >= 0.3 is 0 Å². The molecule has 0 saturated heterocycles. The Hall–Kier alpha value is -1.65. The number of aromatic nitrogens is 3. The fourth-order valence-corrected chi connectivity index (χ4v) is 2.52. The van der Waals surface area contributed by atoms with Gasteiger partial charge in [0.1, 0.15) is 5.82 Å². The quantitative estimate of drug-likeness (QED) is 0.535. The van der Waals surface area contributed by atoms with E-state index in [1.165, 1.54) is 38.5 Å². The lowest BCUT2D eigenvalue weighted by molar-refractivity contribution is 0.678. The minimum atomic E-state index is 0.618. The van der Waals surface area contributed by atoms with Gasteiger partial charge in [0, 0.05) is 13.1 Å². The van der Waals surface area contributed by atoms with E-state index in [0.717, 1.165) is 31.7 Å². The molecule has 21 heavy (non-hydrogen) atoms. The summed E-state index contributed by atoms with van der Waals surface area (Å²) in [5, 5.41) is 14.6. The molecule has 0 saturated carbocycles. The monoisotopic (exact) mass is 289 g/mol. The molecule has 5 heteroatoms. The SMILES string of the molecule is CCCCCNc1cnnc(NCCC2=CCCCC2)n1. The van der Waals surface area contributed by atoms with E-state index >= 15 is 0 Å². The van der Waals surface area contributed by atoms with Gasteiger partial charge in [-0.15, -0.1) is 5.10 Å². The zero-order valence-electron chi connectivity index (χ0n) is 13.1. The van der Waals surface area contributed by atoms with Gasteiger partial charge in [-0.3, -0.25) is 0 Å². The van der Waals surface area contributed by atoms with Crippen LogP contribution < -0.4 is 10.6 Å². The second-order valence-electron chi connectivity index (χ2n) is 5.58. The van der Waals surface area contributed by atoms with Crippen LogP contribution in [0, 0.1) is 0 Å².